The lowest BCUT2D eigenvalue weighted by Gasteiger charge is -2.14. The number of halogens is 1. The molecule has 1 aliphatic carbocycles. The molecule has 1 N–H and O–H groups in total. The molecule has 2 aromatic heterocycles. The van der Waals surface area contributed by atoms with Crippen molar-refractivity contribution in [2.75, 3.05) is 7.05 Å². The second-order valence-electron chi connectivity index (χ2n) is 4.61. The Hall–Kier alpha value is -1.26. The molecule has 2 heterocycles. The Balaban J connectivity index is 1.96. The molecule has 1 unspecified atom stereocenters. The highest BCUT2D eigenvalue weighted by Crippen LogP contribution is 2.35. The first-order valence-electron chi connectivity index (χ1n) is 6.17. The molecular formula is C14H15FN2S. The molecule has 94 valence electrons. The summed E-state index contributed by atoms with van der Waals surface area (Å²) in [7, 11) is 1.90. The zero-order valence-electron chi connectivity index (χ0n) is 10.2. The molecule has 0 saturated heterocycles. The number of hydrogen-bond donors (Lipinski definition) is 1. The van der Waals surface area contributed by atoms with Crippen LogP contribution < -0.4 is 5.32 Å². The normalized spacial score (nSPS) is 15.7. The predicted octanol–water partition coefficient (Wildman–Crippen LogP) is 3.08. The minimum absolute atomic E-state index is 0.0452. The van der Waals surface area contributed by atoms with Crippen LogP contribution in [-0.2, 0) is 12.8 Å². The van der Waals surface area contributed by atoms with E-state index in [0.717, 1.165) is 5.56 Å². The van der Waals surface area contributed by atoms with E-state index in [2.05, 4.69) is 16.4 Å². The van der Waals surface area contributed by atoms with Crippen LogP contribution in [0.1, 0.15) is 33.3 Å². The summed E-state index contributed by atoms with van der Waals surface area (Å²) in [4.78, 5) is 6.69. The van der Waals surface area contributed by atoms with Crippen molar-refractivity contribution in [2.24, 2.45) is 0 Å². The Morgan fingerprint density at radius 3 is 2.94 bits per heavy atom. The average molecular weight is 262 g/mol. The van der Waals surface area contributed by atoms with Crippen LogP contribution in [-0.4, -0.2) is 12.0 Å². The number of nitrogens with one attached hydrogen (secondary N) is 1. The molecule has 0 aliphatic heterocycles. The van der Waals surface area contributed by atoms with Crippen molar-refractivity contribution < 1.29 is 4.39 Å². The van der Waals surface area contributed by atoms with Gasteiger partial charge in [-0.15, -0.1) is 11.3 Å². The van der Waals surface area contributed by atoms with Gasteiger partial charge in [0.1, 0.15) is 5.82 Å². The summed E-state index contributed by atoms with van der Waals surface area (Å²) in [6.45, 7) is 0. The van der Waals surface area contributed by atoms with Gasteiger partial charge in [-0.05, 0) is 49.6 Å². The number of nitrogens with zero attached hydrogens (tertiary/aromatic N) is 1. The molecule has 3 rings (SSSR count). The molecule has 1 aliphatic rings. The first-order chi connectivity index (χ1) is 8.78. The van der Waals surface area contributed by atoms with Crippen LogP contribution in [0.5, 0.6) is 0 Å². The summed E-state index contributed by atoms with van der Waals surface area (Å²) in [5.74, 6) is -0.281. The second kappa shape index (κ2) is 4.78. The third-order valence-electron chi connectivity index (χ3n) is 3.40. The lowest BCUT2D eigenvalue weighted by atomic mass is 10.1. The van der Waals surface area contributed by atoms with E-state index in [-0.39, 0.29) is 11.9 Å². The van der Waals surface area contributed by atoms with E-state index >= 15 is 0 Å². The van der Waals surface area contributed by atoms with Crippen molar-refractivity contribution >= 4 is 11.3 Å². The first-order valence-corrected chi connectivity index (χ1v) is 6.99. The van der Waals surface area contributed by atoms with Crippen LogP contribution >= 0.6 is 11.3 Å². The Morgan fingerprint density at radius 2 is 2.22 bits per heavy atom. The lowest BCUT2D eigenvalue weighted by molar-refractivity contribution is 0.610. The fraction of sp³-hybridized carbons (Fsp3) is 0.357. The van der Waals surface area contributed by atoms with Crippen molar-refractivity contribution in [3.05, 3.63) is 51.2 Å². The number of pyridine rings is 1. The van der Waals surface area contributed by atoms with Crippen LogP contribution in [0.4, 0.5) is 4.39 Å². The molecule has 18 heavy (non-hydrogen) atoms. The van der Waals surface area contributed by atoms with Crippen molar-refractivity contribution in [1.29, 1.82) is 0 Å². The lowest BCUT2D eigenvalue weighted by Crippen LogP contribution is -2.16. The van der Waals surface area contributed by atoms with Gasteiger partial charge in [0.25, 0.3) is 0 Å². The van der Waals surface area contributed by atoms with Crippen molar-refractivity contribution in [2.45, 2.75) is 25.3 Å². The van der Waals surface area contributed by atoms with E-state index in [1.54, 1.807) is 12.3 Å². The number of aromatic nitrogens is 1. The number of fused-ring (bicyclic) bond motifs is 1. The molecule has 0 fully saturated rings. The fourth-order valence-electron chi connectivity index (χ4n) is 2.55. The smallest absolute Gasteiger partial charge is 0.141 e. The highest BCUT2D eigenvalue weighted by Gasteiger charge is 2.20. The van der Waals surface area contributed by atoms with Gasteiger partial charge in [-0.3, -0.25) is 4.98 Å². The Labute approximate surface area is 110 Å². The van der Waals surface area contributed by atoms with Gasteiger partial charge in [0.2, 0.25) is 0 Å². The number of aryl methyl sites for hydroxylation is 2. The van der Waals surface area contributed by atoms with Crippen molar-refractivity contribution in [3.8, 4) is 0 Å². The number of hydrogen-bond acceptors (Lipinski definition) is 3. The molecule has 1 atom stereocenters. The Bertz CT molecular complexity index is 543. The quantitative estimate of drug-likeness (QED) is 0.919. The SMILES string of the molecule is CNC(c1cncc(F)c1)c1cc2c(s1)CCC2. The third kappa shape index (κ3) is 2.06. The minimum atomic E-state index is -0.281. The van der Waals surface area contributed by atoms with Gasteiger partial charge in [0.05, 0.1) is 12.2 Å². The summed E-state index contributed by atoms with van der Waals surface area (Å²) < 4.78 is 13.3. The van der Waals surface area contributed by atoms with Gasteiger partial charge in [-0.1, -0.05) is 0 Å². The summed E-state index contributed by atoms with van der Waals surface area (Å²) in [5, 5.41) is 3.25. The zero-order chi connectivity index (χ0) is 12.5. The Morgan fingerprint density at radius 1 is 1.33 bits per heavy atom. The van der Waals surface area contributed by atoms with Gasteiger partial charge in [-0.25, -0.2) is 4.39 Å². The molecule has 0 saturated carbocycles. The molecule has 0 radical (unpaired) electrons. The second-order valence-corrected chi connectivity index (χ2v) is 5.78. The molecule has 0 spiro atoms. The maximum absolute atomic E-state index is 13.3. The topological polar surface area (TPSA) is 24.9 Å². The monoisotopic (exact) mass is 262 g/mol. The van der Waals surface area contributed by atoms with E-state index in [0.29, 0.717) is 0 Å². The Kier molecular flexibility index (Phi) is 3.14. The van der Waals surface area contributed by atoms with Crippen molar-refractivity contribution in [1.82, 2.24) is 10.3 Å². The van der Waals surface area contributed by atoms with E-state index < -0.39 is 0 Å². The summed E-state index contributed by atoms with van der Waals surface area (Å²) in [5.41, 5.74) is 2.36. The van der Waals surface area contributed by atoms with Gasteiger partial charge in [-0.2, -0.15) is 0 Å². The number of thiophene rings is 1. The molecule has 4 heteroatoms. The zero-order valence-corrected chi connectivity index (χ0v) is 11.1. The summed E-state index contributed by atoms with van der Waals surface area (Å²) in [6, 6.07) is 3.86. The van der Waals surface area contributed by atoms with Crippen LogP contribution in [0.15, 0.2) is 24.5 Å². The van der Waals surface area contributed by atoms with Gasteiger partial charge >= 0.3 is 0 Å². The van der Waals surface area contributed by atoms with Gasteiger partial charge in [0.15, 0.2) is 0 Å². The molecule has 2 aromatic rings. The first kappa shape index (κ1) is 11.8. The van der Waals surface area contributed by atoms with E-state index in [9.17, 15) is 4.39 Å². The average Bonchev–Trinajstić information content (AvgIpc) is 2.91. The van der Waals surface area contributed by atoms with E-state index in [1.165, 1.54) is 40.8 Å². The molecular weight excluding hydrogens is 247 g/mol. The largest absolute Gasteiger partial charge is 0.309 e. The molecule has 0 bridgehead atoms. The minimum Gasteiger partial charge on any atom is -0.309 e. The van der Waals surface area contributed by atoms with Crippen molar-refractivity contribution in [3.63, 3.8) is 0 Å². The summed E-state index contributed by atoms with van der Waals surface area (Å²) >= 11 is 1.84. The maximum atomic E-state index is 13.3. The van der Waals surface area contributed by atoms with Crippen LogP contribution in [0.2, 0.25) is 0 Å². The third-order valence-corrected chi connectivity index (χ3v) is 4.70. The molecule has 2 nitrogen and oxygen atoms in total. The van der Waals surface area contributed by atoms with Crippen LogP contribution in [0, 0.1) is 5.82 Å². The maximum Gasteiger partial charge on any atom is 0.141 e. The van der Waals surface area contributed by atoms with Crippen LogP contribution in [0.25, 0.3) is 0 Å². The van der Waals surface area contributed by atoms with E-state index in [1.807, 2.05) is 18.4 Å². The van der Waals surface area contributed by atoms with Gasteiger partial charge in [0, 0.05) is 16.0 Å². The highest BCUT2D eigenvalue weighted by molar-refractivity contribution is 7.12. The molecule has 0 amide bonds. The molecule has 0 aromatic carbocycles. The fourth-order valence-corrected chi connectivity index (χ4v) is 3.95. The predicted molar refractivity (Wildman–Crippen MR) is 71.4 cm³/mol. The summed E-state index contributed by atoms with van der Waals surface area (Å²) in [6.07, 6.45) is 6.62. The van der Waals surface area contributed by atoms with Crippen LogP contribution in [0.3, 0.4) is 0 Å². The highest BCUT2D eigenvalue weighted by atomic mass is 32.1. The number of rotatable bonds is 3. The van der Waals surface area contributed by atoms with E-state index in [4.69, 9.17) is 0 Å². The van der Waals surface area contributed by atoms with Gasteiger partial charge < -0.3 is 5.32 Å². The standard InChI is InChI=1S/C14H15FN2S/c1-16-14(10-5-11(15)8-17-7-10)13-6-9-3-2-4-12(9)18-13/h5-8,14,16H,2-4H2,1H3.